The van der Waals surface area contributed by atoms with Gasteiger partial charge in [-0.25, -0.2) is 0 Å². The molecular formula is C22H30ClN3O2. The van der Waals surface area contributed by atoms with Crippen molar-refractivity contribution >= 4 is 34.2 Å². The summed E-state index contributed by atoms with van der Waals surface area (Å²) in [6.45, 7) is 6.48. The van der Waals surface area contributed by atoms with Crippen LogP contribution in [-0.2, 0) is 6.42 Å². The van der Waals surface area contributed by atoms with Crippen LogP contribution in [0.3, 0.4) is 0 Å². The van der Waals surface area contributed by atoms with Crippen molar-refractivity contribution in [3.8, 4) is 11.5 Å². The van der Waals surface area contributed by atoms with Crippen molar-refractivity contribution in [1.29, 1.82) is 0 Å². The van der Waals surface area contributed by atoms with Crippen LogP contribution in [0.15, 0.2) is 24.4 Å². The van der Waals surface area contributed by atoms with Crippen molar-refractivity contribution in [2.24, 2.45) is 0 Å². The summed E-state index contributed by atoms with van der Waals surface area (Å²) in [5, 5.41) is 2.36. The first kappa shape index (κ1) is 20.7. The van der Waals surface area contributed by atoms with E-state index in [4.69, 9.17) is 9.47 Å². The third kappa shape index (κ3) is 4.20. The van der Waals surface area contributed by atoms with Crippen molar-refractivity contribution in [3.05, 3.63) is 30.1 Å². The van der Waals surface area contributed by atoms with Crippen LogP contribution in [0.4, 0.5) is 0 Å². The summed E-state index contributed by atoms with van der Waals surface area (Å²) in [5.41, 5.74) is 3.34. The number of fused-ring (bicyclic) bond motifs is 3. The maximum absolute atomic E-state index is 6.08. The van der Waals surface area contributed by atoms with E-state index in [0.29, 0.717) is 6.61 Å². The second-order valence-electron chi connectivity index (χ2n) is 7.35. The molecule has 2 aromatic heterocycles. The summed E-state index contributed by atoms with van der Waals surface area (Å²) in [7, 11) is 1.71. The molecule has 0 radical (unpaired) electrons. The van der Waals surface area contributed by atoms with Crippen LogP contribution in [0.5, 0.6) is 11.5 Å². The molecule has 28 heavy (non-hydrogen) atoms. The van der Waals surface area contributed by atoms with Gasteiger partial charge in [0.15, 0.2) is 11.5 Å². The molecule has 3 heterocycles. The topological polar surface area (TPSA) is 50.4 Å². The monoisotopic (exact) mass is 403 g/mol. The number of nitrogens with one attached hydrogen (secondary N) is 1. The Balaban J connectivity index is 0.00000225. The number of likely N-dealkylation sites (tertiary alicyclic amines) is 1. The van der Waals surface area contributed by atoms with Gasteiger partial charge in [0, 0.05) is 35.1 Å². The number of aryl methyl sites for hydroxylation is 1. The van der Waals surface area contributed by atoms with Crippen LogP contribution in [-0.4, -0.2) is 48.2 Å². The molecule has 0 aliphatic carbocycles. The van der Waals surface area contributed by atoms with Gasteiger partial charge in [-0.15, -0.1) is 12.4 Å². The quantitative estimate of drug-likeness (QED) is 0.540. The standard InChI is InChI=1S/C22H29N3O2.ClH/c1-3-7-17-22-16-14-20(26-2)21(15-19(16)24-18(22)8-9-23-17)27-13-6-12-25-10-4-5-11-25;/h8-9,14-15,24H,3-7,10-13H2,1-2H3;1H. The zero-order chi connectivity index (χ0) is 18.6. The van der Waals surface area contributed by atoms with E-state index in [1.807, 2.05) is 12.3 Å². The summed E-state index contributed by atoms with van der Waals surface area (Å²) in [5.74, 6) is 1.60. The van der Waals surface area contributed by atoms with Gasteiger partial charge in [0.05, 0.1) is 24.9 Å². The van der Waals surface area contributed by atoms with E-state index in [2.05, 4.69) is 33.9 Å². The Labute approximate surface area is 172 Å². The molecular weight excluding hydrogens is 374 g/mol. The third-order valence-electron chi connectivity index (χ3n) is 5.43. The molecule has 1 saturated heterocycles. The number of pyridine rings is 1. The Hall–Kier alpha value is -1.98. The Bertz CT molecular complexity index is 919. The predicted molar refractivity (Wildman–Crippen MR) is 117 cm³/mol. The maximum Gasteiger partial charge on any atom is 0.163 e. The van der Waals surface area contributed by atoms with Gasteiger partial charge in [0.25, 0.3) is 0 Å². The smallest absolute Gasteiger partial charge is 0.163 e. The minimum atomic E-state index is 0. The van der Waals surface area contributed by atoms with Gasteiger partial charge < -0.3 is 19.4 Å². The lowest BCUT2D eigenvalue weighted by molar-refractivity contribution is 0.254. The lowest BCUT2D eigenvalue weighted by atomic mass is 10.1. The number of methoxy groups -OCH3 is 1. The van der Waals surface area contributed by atoms with Crippen LogP contribution in [0.1, 0.15) is 38.3 Å². The van der Waals surface area contributed by atoms with Crippen molar-refractivity contribution in [2.45, 2.75) is 39.0 Å². The highest BCUT2D eigenvalue weighted by Crippen LogP contribution is 2.37. The van der Waals surface area contributed by atoms with E-state index in [9.17, 15) is 0 Å². The average molecular weight is 404 g/mol. The lowest BCUT2D eigenvalue weighted by Crippen LogP contribution is -2.21. The molecule has 0 spiro atoms. The van der Waals surface area contributed by atoms with Gasteiger partial charge in [-0.2, -0.15) is 0 Å². The first-order valence-electron chi connectivity index (χ1n) is 10.1. The fourth-order valence-electron chi connectivity index (χ4n) is 4.10. The van der Waals surface area contributed by atoms with Gasteiger partial charge in [0.2, 0.25) is 0 Å². The Morgan fingerprint density at radius 3 is 2.71 bits per heavy atom. The normalized spacial score (nSPS) is 14.5. The number of hydrogen-bond donors (Lipinski definition) is 1. The number of nitrogens with zero attached hydrogens (tertiary/aromatic N) is 2. The number of halogens is 1. The number of H-pyrrole nitrogens is 1. The first-order valence-corrected chi connectivity index (χ1v) is 10.1. The molecule has 0 amide bonds. The molecule has 1 N–H and O–H groups in total. The van der Waals surface area contributed by atoms with Gasteiger partial charge in [0.1, 0.15) is 0 Å². The van der Waals surface area contributed by atoms with Gasteiger partial charge >= 0.3 is 0 Å². The van der Waals surface area contributed by atoms with Gasteiger partial charge in [-0.1, -0.05) is 13.3 Å². The molecule has 0 saturated carbocycles. The fraction of sp³-hybridized carbons (Fsp3) is 0.500. The number of aromatic amines is 1. The van der Waals surface area contributed by atoms with Gasteiger partial charge in [-0.3, -0.25) is 4.98 Å². The van der Waals surface area contributed by atoms with Crippen LogP contribution in [0, 0.1) is 0 Å². The summed E-state index contributed by atoms with van der Waals surface area (Å²) < 4.78 is 11.7. The van der Waals surface area contributed by atoms with Crippen molar-refractivity contribution in [3.63, 3.8) is 0 Å². The summed E-state index contributed by atoms with van der Waals surface area (Å²) in [4.78, 5) is 10.6. The SMILES string of the molecule is CCCc1nccc2[nH]c3cc(OCCCN4CCCC4)c(OC)cc3c12.Cl. The maximum atomic E-state index is 6.08. The fourth-order valence-corrected chi connectivity index (χ4v) is 4.10. The van der Waals surface area contributed by atoms with Crippen molar-refractivity contribution in [2.75, 3.05) is 33.4 Å². The second kappa shape index (κ2) is 9.48. The van der Waals surface area contributed by atoms with Crippen molar-refractivity contribution < 1.29 is 9.47 Å². The third-order valence-corrected chi connectivity index (χ3v) is 5.43. The Morgan fingerprint density at radius 2 is 1.96 bits per heavy atom. The average Bonchev–Trinajstić information content (AvgIpc) is 3.32. The Kier molecular flexibility index (Phi) is 7.03. The van der Waals surface area contributed by atoms with Crippen LogP contribution in [0.2, 0.25) is 0 Å². The van der Waals surface area contributed by atoms with Crippen LogP contribution < -0.4 is 9.47 Å². The van der Waals surface area contributed by atoms with E-state index in [0.717, 1.165) is 59.4 Å². The minimum absolute atomic E-state index is 0. The zero-order valence-electron chi connectivity index (χ0n) is 16.8. The minimum Gasteiger partial charge on any atom is -0.493 e. The predicted octanol–water partition coefficient (Wildman–Crippen LogP) is 4.96. The number of ether oxygens (including phenoxy) is 2. The molecule has 3 aromatic rings. The molecule has 0 bridgehead atoms. The van der Waals surface area contributed by atoms with E-state index in [1.54, 1.807) is 7.11 Å². The van der Waals surface area contributed by atoms with Crippen LogP contribution in [0.25, 0.3) is 21.8 Å². The van der Waals surface area contributed by atoms with Gasteiger partial charge in [-0.05, 0) is 50.9 Å². The number of benzene rings is 1. The highest BCUT2D eigenvalue weighted by atomic mass is 35.5. The molecule has 152 valence electrons. The molecule has 6 heteroatoms. The highest BCUT2D eigenvalue weighted by Gasteiger charge is 2.15. The molecule has 0 unspecified atom stereocenters. The van der Waals surface area contributed by atoms with Crippen molar-refractivity contribution in [1.82, 2.24) is 14.9 Å². The van der Waals surface area contributed by atoms with Crippen LogP contribution >= 0.6 is 12.4 Å². The number of aromatic nitrogens is 2. The molecule has 1 aromatic carbocycles. The number of hydrogen-bond acceptors (Lipinski definition) is 4. The van der Waals surface area contributed by atoms with E-state index < -0.39 is 0 Å². The highest BCUT2D eigenvalue weighted by molar-refractivity contribution is 6.09. The molecule has 0 atom stereocenters. The summed E-state index contributed by atoms with van der Waals surface area (Å²) in [6, 6.07) is 6.20. The largest absolute Gasteiger partial charge is 0.493 e. The molecule has 4 rings (SSSR count). The molecule has 1 aliphatic heterocycles. The van der Waals surface area contributed by atoms with E-state index in [1.165, 1.54) is 31.3 Å². The first-order chi connectivity index (χ1) is 13.3. The molecule has 1 fully saturated rings. The lowest BCUT2D eigenvalue weighted by Gasteiger charge is -2.15. The zero-order valence-corrected chi connectivity index (χ0v) is 17.6. The summed E-state index contributed by atoms with van der Waals surface area (Å²) >= 11 is 0. The molecule has 1 aliphatic rings. The van der Waals surface area contributed by atoms with E-state index >= 15 is 0 Å². The second-order valence-corrected chi connectivity index (χ2v) is 7.35. The van der Waals surface area contributed by atoms with E-state index in [-0.39, 0.29) is 12.4 Å². The Morgan fingerprint density at radius 1 is 1.14 bits per heavy atom. The summed E-state index contributed by atoms with van der Waals surface area (Å²) in [6.07, 6.45) is 7.64. The molecule has 5 nitrogen and oxygen atoms in total. The number of rotatable bonds is 8.